The highest BCUT2D eigenvalue weighted by Gasteiger charge is 2.25. The van der Waals surface area contributed by atoms with E-state index in [0.717, 1.165) is 22.1 Å². The van der Waals surface area contributed by atoms with Crippen LogP contribution in [0.15, 0.2) is 47.1 Å². The van der Waals surface area contributed by atoms with Crippen LogP contribution < -0.4 is 15.2 Å². The molecule has 2 aromatic carbocycles. The Morgan fingerprint density at radius 3 is 2.55 bits per heavy atom. The topological polar surface area (TPSA) is 138 Å². The lowest BCUT2D eigenvalue weighted by atomic mass is 9.98. The van der Waals surface area contributed by atoms with E-state index in [1.807, 2.05) is 24.6 Å². The molecule has 0 saturated carbocycles. The molecule has 1 amide bonds. The minimum atomic E-state index is -4.24. The number of nitrogens with one attached hydrogen (secondary N) is 2. The number of hydrogen-bond acceptors (Lipinski definition) is 6. The van der Waals surface area contributed by atoms with Crippen LogP contribution in [0.2, 0.25) is 0 Å². The Kier molecular flexibility index (Phi) is 5.59. The first kappa shape index (κ1) is 20.4. The van der Waals surface area contributed by atoms with Gasteiger partial charge in [0.1, 0.15) is 11.6 Å². The Hall–Kier alpha value is -3.35. The molecule has 8 nitrogen and oxygen atoms in total. The van der Waals surface area contributed by atoms with Crippen molar-refractivity contribution in [1.29, 1.82) is 5.26 Å². The van der Waals surface area contributed by atoms with E-state index in [1.165, 1.54) is 0 Å². The van der Waals surface area contributed by atoms with Crippen LogP contribution in [-0.4, -0.2) is 14.3 Å². The number of nitrogens with two attached hydrogens (primary N) is 1. The van der Waals surface area contributed by atoms with Gasteiger partial charge in [-0.25, -0.2) is 9.86 Å². The molecule has 9 heteroatoms. The van der Waals surface area contributed by atoms with Crippen LogP contribution >= 0.6 is 0 Å². The number of anilines is 1. The van der Waals surface area contributed by atoms with E-state index in [0.29, 0.717) is 23.2 Å². The van der Waals surface area contributed by atoms with Gasteiger partial charge in [0, 0.05) is 11.1 Å². The fraction of sp³-hybridized carbons (Fsp3) is 0.200. The molecule has 1 atom stereocenters. The average molecular weight is 412 g/mol. The molecule has 3 rings (SSSR count). The maximum atomic E-state index is 12.7. The maximum Gasteiger partial charge on any atom is 0.298 e. The van der Waals surface area contributed by atoms with E-state index < -0.39 is 22.2 Å². The van der Waals surface area contributed by atoms with E-state index >= 15 is 0 Å². The number of aryl methyl sites for hydroxylation is 2. The fourth-order valence-electron chi connectivity index (χ4n) is 3.09. The summed E-state index contributed by atoms with van der Waals surface area (Å²) in [5, 5.41) is 17.8. The SMILES string of the molecule is CCc1cc(C(Nc2ccc(C#N)cc2)C(=O)NS(N)(=O)=O)cc2c(C)coc12. The van der Waals surface area contributed by atoms with Crippen LogP contribution in [0.3, 0.4) is 0 Å². The highest BCUT2D eigenvalue weighted by atomic mass is 32.2. The average Bonchev–Trinajstić information content (AvgIpc) is 3.05. The molecule has 4 N–H and O–H groups in total. The van der Waals surface area contributed by atoms with Crippen molar-refractivity contribution in [2.45, 2.75) is 26.3 Å². The molecule has 0 aliphatic heterocycles. The number of nitrogens with zero attached hydrogens (tertiary/aromatic N) is 1. The molecular formula is C20H20N4O4S. The van der Waals surface area contributed by atoms with Crippen LogP contribution in [0.25, 0.3) is 11.0 Å². The highest BCUT2D eigenvalue weighted by molar-refractivity contribution is 7.87. The zero-order chi connectivity index (χ0) is 21.2. The lowest BCUT2D eigenvalue weighted by Crippen LogP contribution is -2.41. The second-order valence-corrected chi connectivity index (χ2v) is 7.90. The highest BCUT2D eigenvalue weighted by Crippen LogP contribution is 2.30. The number of benzene rings is 2. The molecule has 1 heterocycles. The molecule has 1 unspecified atom stereocenters. The molecule has 29 heavy (non-hydrogen) atoms. The Labute approximate surface area is 168 Å². The molecule has 1 aromatic heterocycles. The molecular weight excluding hydrogens is 392 g/mol. The van der Waals surface area contributed by atoms with Crippen molar-refractivity contribution in [2.75, 3.05) is 5.32 Å². The summed E-state index contributed by atoms with van der Waals surface area (Å²) in [4.78, 5) is 12.7. The maximum absolute atomic E-state index is 12.7. The van der Waals surface area contributed by atoms with E-state index in [2.05, 4.69) is 5.32 Å². The molecule has 0 radical (unpaired) electrons. The van der Waals surface area contributed by atoms with Gasteiger partial charge in [-0.15, -0.1) is 0 Å². The van der Waals surface area contributed by atoms with Gasteiger partial charge in [-0.3, -0.25) is 4.79 Å². The first-order valence-electron chi connectivity index (χ1n) is 8.83. The first-order chi connectivity index (χ1) is 13.7. The van der Waals surface area contributed by atoms with Crippen molar-refractivity contribution >= 4 is 32.8 Å². The third-order valence-electron chi connectivity index (χ3n) is 4.51. The summed E-state index contributed by atoms with van der Waals surface area (Å²) < 4.78 is 30.3. The van der Waals surface area contributed by atoms with Crippen molar-refractivity contribution < 1.29 is 17.6 Å². The third kappa shape index (κ3) is 4.56. The second-order valence-electron chi connectivity index (χ2n) is 6.61. The lowest BCUT2D eigenvalue weighted by molar-refractivity contribution is -0.120. The van der Waals surface area contributed by atoms with Crippen LogP contribution in [0.4, 0.5) is 5.69 Å². The fourth-order valence-corrected chi connectivity index (χ4v) is 3.49. The Bertz CT molecular complexity index is 1210. The predicted octanol–water partition coefficient (Wildman–Crippen LogP) is 2.65. The summed E-state index contributed by atoms with van der Waals surface area (Å²) in [5.41, 5.74) is 4.09. The van der Waals surface area contributed by atoms with Crippen molar-refractivity contribution in [3.8, 4) is 6.07 Å². The van der Waals surface area contributed by atoms with Gasteiger partial charge < -0.3 is 9.73 Å². The van der Waals surface area contributed by atoms with Crippen molar-refractivity contribution in [3.63, 3.8) is 0 Å². The minimum absolute atomic E-state index is 0.463. The van der Waals surface area contributed by atoms with E-state index in [1.54, 1.807) is 42.7 Å². The van der Waals surface area contributed by atoms with Crippen LogP contribution in [-0.2, 0) is 21.4 Å². The van der Waals surface area contributed by atoms with Crippen molar-refractivity contribution in [3.05, 3.63) is 64.9 Å². The monoisotopic (exact) mass is 412 g/mol. The number of hydrogen-bond donors (Lipinski definition) is 3. The van der Waals surface area contributed by atoms with Gasteiger partial charge >= 0.3 is 0 Å². The van der Waals surface area contributed by atoms with Crippen molar-refractivity contribution in [2.24, 2.45) is 5.14 Å². The number of carbonyl (C=O) groups is 1. The standard InChI is InChI=1S/C20H20N4O4S/c1-3-14-8-15(9-17-12(2)11-28-19(14)17)18(20(25)24-29(22,26)27)23-16-6-4-13(10-21)5-7-16/h4-9,11,18,23H,3H2,1-2H3,(H,24,25)(H2,22,26,27). The first-order valence-corrected chi connectivity index (χ1v) is 10.4. The van der Waals surface area contributed by atoms with E-state index in [4.69, 9.17) is 14.8 Å². The molecule has 0 saturated heterocycles. The zero-order valence-electron chi connectivity index (χ0n) is 15.9. The Morgan fingerprint density at radius 1 is 1.28 bits per heavy atom. The summed E-state index contributed by atoms with van der Waals surface area (Å²) >= 11 is 0. The molecule has 0 spiro atoms. The molecule has 0 bridgehead atoms. The molecule has 150 valence electrons. The van der Waals surface area contributed by atoms with Crippen LogP contribution in [0, 0.1) is 18.3 Å². The number of rotatable bonds is 6. The van der Waals surface area contributed by atoms with Gasteiger partial charge in [0.05, 0.1) is 17.9 Å². The quantitative estimate of drug-likeness (QED) is 0.569. The van der Waals surface area contributed by atoms with Crippen LogP contribution in [0.1, 0.15) is 35.2 Å². The lowest BCUT2D eigenvalue weighted by Gasteiger charge is -2.20. The minimum Gasteiger partial charge on any atom is -0.464 e. The molecule has 0 aliphatic carbocycles. The predicted molar refractivity (Wildman–Crippen MR) is 109 cm³/mol. The Balaban J connectivity index is 2.08. The number of carbonyl (C=O) groups excluding carboxylic acids is 1. The number of nitriles is 1. The zero-order valence-corrected chi connectivity index (χ0v) is 16.7. The Morgan fingerprint density at radius 2 is 1.97 bits per heavy atom. The van der Waals surface area contributed by atoms with Gasteiger partial charge in [0.15, 0.2) is 0 Å². The number of furan rings is 1. The van der Waals surface area contributed by atoms with Gasteiger partial charge in [0.25, 0.3) is 16.1 Å². The third-order valence-corrected chi connectivity index (χ3v) is 5.00. The van der Waals surface area contributed by atoms with Crippen LogP contribution in [0.5, 0.6) is 0 Å². The molecule has 3 aromatic rings. The summed E-state index contributed by atoms with van der Waals surface area (Å²) in [6, 6.07) is 11.0. The molecule has 0 aliphatic rings. The number of fused-ring (bicyclic) bond motifs is 1. The summed E-state index contributed by atoms with van der Waals surface area (Å²) in [7, 11) is -4.24. The number of amides is 1. The van der Waals surface area contributed by atoms with E-state index in [-0.39, 0.29) is 0 Å². The van der Waals surface area contributed by atoms with E-state index in [9.17, 15) is 13.2 Å². The summed E-state index contributed by atoms with van der Waals surface area (Å²) in [6.07, 6.45) is 2.30. The second kappa shape index (κ2) is 7.95. The van der Waals surface area contributed by atoms with Gasteiger partial charge in [-0.05, 0) is 66.4 Å². The normalized spacial score (nSPS) is 12.3. The summed E-state index contributed by atoms with van der Waals surface area (Å²) in [5.74, 6) is -0.820. The summed E-state index contributed by atoms with van der Waals surface area (Å²) in [6.45, 7) is 3.85. The largest absolute Gasteiger partial charge is 0.464 e. The molecule has 0 fully saturated rings. The van der Waals surface area contributed by atoms with Gasteiger partial charge in [0.2, 0.25) is 0 Å². The van der Waals surface area contributed by atoms with Crippen molar-refractivity contribution in [1.82, 2.24) is 4.72 Å². The van der Waals surface area contributed by atoms with Gasteiger partial charge in [-0.2, -0.15) is 13.7 Å². The van der Waals surface area contributed by atoms with Gasteiger partial charge in [-0.1, -0.05) is 6.92 Å². The smallest absolute Gasteiger partial charge is 0.298 e.